The first-order valence-corrected chi connectivity index (χ1v) is 1.69. The predicted octanol–water partition coefficient (Wildman–Crippen LogP) is 0.748. The fraction of sp³-hybridized carbons (Fsp3) is 0.333. The Balaban J connectivity index is 0. The Morgan fingerprint density at radius 3 is 1.62 bits per heavy atom. The van der Waals surface area contributed by atoms with Crippen LogP contribution >= 0.6 is 0 Å². The van der Waals surface area contributed by atoms with Gasteiger partial charge in [0.05, 0.1) is 0 Å². The summed E-state index contributed by atoms with van der Waals surface area (Å²) in [4.78, 5) is 0. The van der Waals surface area contributed by atoms with Gasteiger partial charge in [-0.05, 0) is 6.92 Å². The van der Waals surface area contributed by atoms with Gasteiger partial charge in [-0.1, -0.05) is 0 Å². The molecule has 0 rings (SSSR count). The second kappa shape index (κ2) is 4.89. The third kappa shape index (κ3) is 10.1. The van der Waals surface area contributed by atoms with E-state index in [0.29, 0.717) is 0 Å². The molecule has 0 aliphatic heterocycles. The van der Waals surface area contributed by atoms with Gasteiger partial charge in [-0.25, -0.2) is 5.82 Å². The van der Waals surface area contributed by atoms with Gasteiger partial charge in [0.15, 0.2) is 0 Å². The van der Waals surface area contributed by atoms with Gasteiger partial charge in [0, 0.05) is 0 Å². The zero-order valence-electron chi connectivity index (χ0n) is 3.71. The van der Waals surface area contributed by atoms with E-state index in [4.69, 9.17) is 0 Å². The second-order valence-electron chi connectivity index (χ2n) is 0.969. The Bertz CT molecular complexity index is 108. The molecule has 0 saturated carbocycles. The topological polar surface area (TPSA) is 0 Å². The molecular weight excluding hydrogens is 143 g/mol. The number of rotatable bonds is 0. The van der Waals surface area contributed by atoms with Gasteiger partial charge in [-0.15, -0.1) is 5.92 Å². The van der Waals surface area contributed by atoms with E-state index < -0.39 is 6.98 Å². The van der Waals surface area contributed by atoms with Gasteiger partial charge < -0.3 is 12.9 Å². The summed E-state index contributed by atoms with van der Waals surface area (Å²) >= 11 is 0. The first-order valence-electron chi connectivity index (χ1n) is 1.69. The Morgan fingerprint density at radius 2 is 1.62 bits per heavy atom. The summed E-state index contributed by atoms with van der Waals surface area (Å²) in [5, 5.41) is 0. The molecule has 0 nitrogen and oxygen atoms in total. The van der Waals surface area contributed by atoms with Crippen LogP contribution in [0.5, 0.6) is 0 Å². The minimum absolute atomic E-state index is 0. The van der Waals surface area contributed by atoms with Crippen molar-refractivity contribution >= 4 is 58.4 Å². The van der Waals surface area contributed by atoms with Crippen molar-refractivity contribution < 1.29 is 12.9 Å². The van der Waals surface area contributed by atoms with Crippen LogP contribution in [0.3, 0.4) is 0 Å². The van der Waals surface area contributed by atoms with Crippen LogP contribution < -0.4 is 0 Å². The minimum atomic E-state index is -4.85. The van der Waals surface area contributed by atoms with E-state index >= 15 is 0 Å². The molecule has 0 radical (unpaired) electrons. The molecule has 42 valence electrons. The van der Waals surface area contributed by atoms with Crippen LogP contribution in [-0.2, 0) is 0 Å². The molecule has 8 heavy (non-hydrogen) atoms. The van der Waals surface area contributed by atoms with Crippen molar-refractivity contribution in [2.24, 2.45) is 0 Å². The Labute approximate surface area is 88.7 Å². The first kappa shape index (κ1) is 11.8. The molecule has 0 bridgehead atoms. The van der Waals surface area contributed by atoms with Crippen molar-refractivity contribution in [1.29, 1.82) is 0 Å². The average Bonchev–Trinajstić information content (AvgIpc) is 1.30. The number of hydrogen-bond donors (Lipinski definition) is 0. The van der Waals surface area contributed by atoms with E-state index in [1.54, 1.807) is 5.92 Å². The summed E-state index contributed by atoms with van der Waals surface area (Å²) in [6, 6.07) is 0. The summed E-state index contributed by atoms with van der Waals surface area (Å²) in [6.45, 7) is -3.69. The molecule has 0 spiro atoms. The van der Waals surface area contributed by atoms with Crippen molar-refractivity contribution in [1.82, 2.24) is 0 Å². The predicted molar refractivity (Wildman–Crippen MR) is 29.7 cm³/mol. The van der Waals surface area contributed by atoms with Crippen LogP contribution in [0.2, 0.25) is 0 Å². The molecule has 0 unspecified atom stereocenters. The van der Waals surface area contributed by atoms with Crippen molar-refractivity contribution in [2.45, 2.75) is 6.92 Å². The van der Waals surface area contributed by atoms with E-state index in [1.807, 2.05) is 0 Å². The van der Waals surface area contributed by atoms with E-state index in [2.05, 4.69) is 0 Å². The normalized spacial score (nSPS) is 8.50. The van der Waals surface area contributed by atoms with Gasteiger partial charge >= 0.3 is 58.4 Å². The molecular formula is C3H4BF3K-. The van der Waals surface area contributed by atoms with E-state index in [-0.39, 0.29) is 51.4 Å². The molecule has 0 aromatic carbocycles. The maximum absolute atomic E-state index is 10.9. The fourth-order valence-electron chi connectivity index (χ4n) is 0.164. The number of hydrogen-bond acceptors (Lipinski definition) is 0. The zero-order chi connectivity index (χ0) is 5.91. The van der Waals surface area contributed by atoms with Gasteiger partial charge in [-0.2, -0.15) is 0 Å². The molecule has 0 saturated heterocycles. The fourth-order valence-corrected chi connectivity index (χ4v) is 0.164. The van der Waals surface area contributed by atoms with Gasteiger partial charge in [0.1, 0.15) is 0 Å². The third-order valence-corrected chi connectivity index (χ3v) is 0.308. The Kier molecular flexibility index (Phi) is 7.21. The van der Waals surface area contributed by atoms with Crippen molar-refractivity contribution in [2.75, 3.05) is 0 Å². The monoisotopic (exact) mass is 147 g/mol. The van der Waals surface area contributed by atoms with Crippen molar-refractivity contribution in [3.63, 3.8) is 0 Å². The van der Waals surface area contributed by atoms with Crippen LogP contribution in [0.15, 0.2) is 0 Å². The first-order chi connectivity index (χ1) is 3.06. The van der Waals surface area contributed by atoms with Crippen LogP contribution in [0.25, 0.3) is 0 Å². The quantitative estimate of drug-likeness (QED) is 0.350. The van der Waals surface area contributed by atoms with Gasteiger partial charge in [-0.3, -0.25) is 0 Å². The summed E-state index contributed by atoms with van der Waals surface area (Å²) in [5.74, 6) is 2.86. The van der Waals surface area contributed by atoms with Crippen LogP contribution in [0.4, 0.5) is 12.9 Å². The Morgan fingerprint density at radius 1 is 1.25 bits per heavy atom. The van der Waals surface area contributed by atoms with E-state index in [1.165, 1.54) is 0 Å². The molecule has 0 amide bonds. The molecule has 5 heteroatoms. The van der Waals surface area contributed by atoms with Crippen LogP contribution in [0, 0.1) is 11.7 Å². The third-order valence-electron chi connectivity index (χ3n) is 0.308. The Hall–Kier alpha value is 1.05. The zero-order valence-corrected chi connectivity index (χ0v) is 3.71. The molecule has 0 aromatic rings. The van der Waals surface area contributed by atoms with E-state index in [0.717, 1.165) is 12.7 Å². The molecule has 0 heterocycles. The summed E-state index contributed by atoms with van der Waals surface area (Å²) < 4.78 is 32.8. The van der Waals surface area contributed by atoms with Gasteiger partial charge in [0.25, 0.3) is 0 Å². The van der Waals surface area contributed by atoms with Crippen LogP contribution in [-0.4, -0.2) is 58.4 Å². The average molecular weight is 147 g/mol. The van der Waals surface area contributed by atoms with Crippen molar-refractivity contribution in [3.8, 4) is 11.7 Å². The van der Waals surface area contributed by atoms with Crippen molar-refractivity contribution in [3.05, 3.63) is 0 Å². The molecule has 0 aliphatic rings. The molecule has 0 atom stereocenters. The molecule has 0 aromatic heterocycles. The molecule has 0 N–H and O–H groups in total. The summed E-state index contributed by atoms with van der Waals surface area (Å²) in [5.41, 5.74) is 0. The summed E-state index contributed by atoms with van der Waals surface area (Å²) in [7, 11) is 0. The maximum atomic E-state index is 10.9. The summed E-state index contributed by atoms with van der Waals surface area (Å²) in [6.07, 6.45) is 0. The molecule has 0 fully saturated rings. The van der Waals surface area contributed by atoms with Gasteiger partial charge in [0.2, 0.25) is 0 Å². The van der Waals surface area contributed by atoms with Crippen LogP contribution in [0.1, 0.15) is 6.92 Å². The SMILES string of the molecule is CC#C[B-](F)(F)F.[KH]. The van der Waals surface area contributed by atoms with E-state index in [9.17, 15) is 12.9 Å². The molecule has 0 aliphatic carbocycles. The number of halogens is 3. The second-order valence-corrected chi connectivity index (χ2v) is 0.969. The standard InChI is InChI=1S/C3H3BF3.K.H/c1-2-3-4(5,6)7;;/h1H3;;/q-1;;.